The Labute approximate surface area is 140 Å². The number of hydrogen-bond acceptors (Lipinski definition) is 3. The molecule has 1 N–H and O–H groups in total. The first-order valence-electron chi connectivity index (χ1n) is 8.58. The van der Waals surface area contributed by atoms with E-state index < -0.39 is 5.60 Å². The van der Waals surface area contributed by atoms with Gasteiger partial charge in [-0.1, -0.05) is 31.0 Å². The molecule has 1 aliphatic rings. The van der Waals surface area contributed by atoms with E-state index >= 15 is 0 Å². The van der Waals surface area contributed by atoms with Crippen LogP contribution in [0.25, 0.3) is 0 Å². The van der Waals surface area contributed by atoms with Crippen molar-refractivity contribution in [3.63, 3.8) is 0 Å². The molecule has 1 heterocycles. The molecule has 23 heavy (non-hydrogen) atoms. The van der Waals surface area contributed by atoms with Crippen molar-refractivity contribution in [2.45, 2.75) is 59.1 Å². The first kappa shape index (κ1) is 17.6. The maximum atomic E-state index is 12.1. The van der Waals surface area contributed by atoms with Gasteiger partial charge in [-0.2, -0.15) is 0 Å². The van der Waals surface area contributed by atoms with Crippen molar-refractivity contribution in [3.8, 4) is 0 Å². The largest absolute Gasteiger partial charge is 0.444 e. The van der Waals surface area contributed by atoms with Gasteiger partial charge >= 0.3 is 6.09 Å². The summed E-state index contributed by atoms with van der Waals surface area (Å²) in [5.41, 5.74) is 2.03. The highest BCUT2D eigenvalue weighted by Gasteiger charge is 2.28. The molecule has 2 rings (SSSR count). The number of rotatable bonds is 3. The molecule has 0 aromatic heterocycles. The molecule has 1 fully saturated rings. The lowest BCUT2D eigenvalue weighted by molar-refractivity contribution is 0.0493. The minimum Gasteiger partial charge on any atom is -0.444 e. The van der Waals surface area contributed by atoms with E-state index in [1.165, 1.54) is 11.3 Å². The number of amides is 1. The van der Waals surface area contributed by atoms with E-state index in [0.29, 0.717) is 5.92 Å². The molecular formula is C19H30N2O2. The zero-order valence-corrected chi connectivity index (χ0v) is 15.1. The number of aryl methyl sites for hydroxylation is 1. The van der Waals surface area contributed by atoms with Crippen molar-refractivity contribution in [2.24, 2.45) is 5.92 Å². The number of nitrogens with one attached hydrogen (secondary N) is 1. The topological polar surface area (TPSA) is 41.6 Å². The first-order valence-corrected chi connectivity index (χ1v) is 8.58. The van der Waals surface area contributed by atoms with Crippen LogP contribution in [0.2, 0.25) is 0 Å². The second-order valence-corrected chi connectivity index (χ2v) is 7.59. The Morgan fingerprint density at radius 3 is 2.48 bits per heavy atom. The van der Waals surface area contributed by atoms with E-state index in [4.69, 9.17) is 4.74 Å². The first-order chi connectivity index (χ1) is 10.8. The van der Waals surface area contributed by atoms with Crippen molar-refractivity contribution in [1.29, 1.82) is 0 Å². The summed E-state index contributed by atoms with van der Waals surface area (Å²) >= 11 is 0. The van der Waals surface area contributed by atoms with E-state index in [0.717, 1.165) is 25.9 Å². The highest BCUT2D eigenvalue weighted by Crippen LogP contribution is 2.25. The van der Waals surface area contributed by atoms with Gasteiger partial charge in [0.15, 0.2) is 0 Å². The average Bonchev–Trinajstić information content (AvgIpc) is 2.45. The fourth-order valence-electron chi connectivity index (χ4n) is 3.04. The van der Waals surface area contributed by atoms with Gasteiger partial charge in [0, 0.05) is 18.8 Å². The van der Waals surface area contributed by atoms with E-state index in [1.54, 1.807) is 0 Å². The van der Waals surface area contributed by atoms with Crippen LogP contribution in [0.15, 0.2) is 24.3 Å². The highest BCUT2D eigenvalue weighted by atomic mass is 16.6. The number of anilines is 1. The third-order valence-corrected chi connectivity index (χ3v) is 4.23. The molecule has 0 spiro atoms. The Balaban J connectivity index is 2.03. The third-order valence-electron chi connectivity index (χ3n) is 4.23. The molecule has 0 saturated carbocycles. The Morgan fingerprint density at radius 2 is 1.91 bits per heavy atom. The van der Waals surface area contributed by atoms with Gasteiger partial charge in [-0.15, -0.1) is 0 Å². The molecular weight excluding hydrogens is 288 g/mol. The molecule has 0 aliphatic carbocycles. The molecule has 2 atom stereocenters. The Kier molecular flexibility index (Phi) is 5.55. The zero-order valence-electron chi connectivity index (χ0n) is 15.1. The predicted molar refractivity (Wildman–Crippen MR) is 94.9 cm³/mol. The van der Waals surface area contributed by atoms with Crippen molar-refractivity contribution >= 4 is 11.8 Å². The summed E-state index contributed by atoms with van der Waals surface area (Å²) in [6.45, 7) is 11.9. The summed E-state index contributed by atoms with van der Waals surface area (Å²) < 4.78 is 5.40. The van der Waals surface area contributed by atoms with Crippen LogP contribution in [0.5, 0.6) is 0 Å². The number of hydrogen-bond donors (Lipinski definition) is 1. The lowest BCUT2D eigenvalue weighted by atomic mass is 9.91. The van der Waals surface area contributed by atoms with Crippen LogP contribution in [0.3, 0.4) is 0 Å². The summed E-state index contributed by atoms with van der Waals surface area (Å²) in [5.74, 6) is 0.588. The summed E-state index contributed by atoms with van der Waals surface area (Å²) in [5, 5.41) is 3.05. The predicted octanol–water partition coefficient (Wildman–Crippen LogP) is 4.12. The van der Waals surface area contributed by atoms with Gasteiger partial charge in [0.2, 0.25) is 0 Å². The van der Waals surface area contributed by atoms with Crippen LogP contribution in [-0.4, -0.2) is 30.8 Å². The molecule has 1 aromatic carbocycles. The van der Waals surface area contributed by atoms with Crippen LogP contribution in [0, 0.1) is 12.8 Å². The second kappa shape index (κ2) is 7.24. The average molecular weight is 318 g/mol. The minimum atomic E-state index is -0.459. The summed E-state index contributed by atoms with van der Waals surface area (Å²) in [6, 6.07) is 8.74. The van der Waals surface area contributed by atoms with Gasteiger partial charge in [0.05, 0.1) is 6.04 Å². The van der Waals surface area contributed by atoms with Crippen LogP contribution in [0.4, 0.5) is 10.5 Å². The molecule has 1 aromatic rings. The van der Waals surface area contributed by atoms with E-state index in [9.17, 15) is 4.79 Å². The summed E-state index contributed by atoms with van der Waals surface area (Å²) in [6.07, 6.45) is 1.82. The standard InChI is InChI=1S/C19H30N2O2/c1-6-15-11-16(20-18(22)23-19(3,4)5)13-21(12-15)17-9-7-14(2)8-10-17/h7-10,15-16H,6,11-13H2,1-5H3,(H,20,22). The fraction of sp³-hybridized carbons (Fsp3) is 0.632. The quantitative estimate of drug-likeness (QED) is 0.911. The molecule has 1 aliphatic heterocycles. The van der Waals surface area contributed by atoms with Crippen LogP contribution < -0.4 is 10.2 Å². The molecule has 0 radical (unpaired) electrons. The van der Waals surface area contributed by atoms with Crippen molar-refractivity contribution in [1.82, 2.24) is 5.32 Å². The van der Waals surface area contributed by atoms with Crippen molar-refractivity contribution in [3.05, 3.63) is 29.8 Å². The van der Waals surface area contributed by atoms with Crippen LogP contribution in [0.1, 0.15) is 46.1 Å². The third kappa shape index (κ3) is 5.45. The van der Waals surface area contributed by atoms with Gasteiger partial charge in [-0.25, -0.2) is 4.79 Å². The summed E-state index contributed by atoms with van der Waals surface area (Å²) in [7, 11) is 0. The molecule has 1 saturated heterocycles. The monoisotopic (exact) mass is 318 g/mol. The Morgan fingerprint density at radius 1 is 1.26 bits per heavy atom. The fourth-order valence-corrected chi connectivity index (χ4v) is 3.04. The number of piperidine rings is 1. The van der Waals surface area contributed by atoms with Crippen LogP contribution in [-0.2, 0) is 4.74 Å². The van der Waals surface area contributed by atoms with E-state index in [1.807, 2.05) is 20.8 Å². The van der Waals surface area contributed by atoms with Crippen LogP contribution >= 0.6 is 0 Å². The molecule has 1 amide bonds. The van der Waals surface area contributed by atoms with E-state index in [-0.39, 0.29) is 12.1 Å². The van der Waals surface area contributed by atoms with Gasteiger partial charge in [0.1, 0.15) is 5.60 Å². The second-order valence-electron chi connectivity index (χ2n) is 7.59. The number of alkyl carbamates (subject to hydrolysis) is 1. The van der Waals surface area contributed by atoms with Crippen molar-refractivity contribution in [2.75, 3.05) is 18.0 Å². The normalized spacial score (nSPS) is 21.9. The zero-order chi connectivity index (χ0) is 17.0. The van der Waals surface area contributed by atoms with Gasteiger partial charge < -0.3 is 15.0 Å². The van der Waals surface area contributed by atoms with Crippen molar-refractivity contribution < 1.29 is 9.53 Å². The number of carbonyl (C=O) groups excluding carboxylic acids is 1. The maximum absolute atomic E-state index is 12.1. The lowest BCUT2D eigenvalue weighted by Crippen LogP contribution is -2.51. The minimum absolute atomic E-state index is 0.129. The Bertz CT molecular complexity index is 519. The molecule has 128 valence electrons. The molecule has 2 unspecified atom stereocenters. The SMILES string of the molecule is CCC1CC(NC(=O)OC(C)(C)C)CN(c2ccc(C)cc2)C1. The number of benzene rings is 1. The van der Waals surface area contributed by atoms with E-state index in [2.05, 4.69) is 48.3 Å². The number of carbonyl (C=O) groups is 1. The highest BCUT2D eigenvalue weighted by molar-refractivity contribution is 5.68. The van der Waals surface area contributed by atoms with Gasteiger partial charge in [0.25, 0.3) is 0 Å². The number of ether oxygens (including phenoxy) is 1. The smallest absolute Gasteiger partial charge is 0.407 e. The Hall–Kier alpha value is -1.71. The summed E-state index contributed by atoms with van der Waals surface area (Å²) in [4.78, 5) is 14.4. The van der Waals surface area contributed by atoms with Gasteiger partial charge in [-0.3, -0.25) is 0 Å². The number of nitrogens with zero attached hydrogens (tertiary/aromatic N) is 1. The lowest BCUT2D eigenvalue weighted by Gasteiger charge is -2.39. The van der Waals surface area contributed by atoms with Gasteiger partial charge in [-0.05, 0) is 52.2 Å². The maximum Gasteiger partial charge on any atom is 0.407 e. The molecule has 0 bridgehead atoms. The molecule has 4 heteroatoms. The molecule has 4 nitrogen and oxygen atoms in total.